The van der Waals surface area contributed by atoms with Crippen LogP contribution in [0.3, 0.4) is 0 Å². The van der Waals surface area contributed by atoms with Crippen molar-refractivity contribution in [1.29, 1.82) is 0 Å². The van der Waals surface area contributed by atoms with E-state index < -0.39 is 0 Å². The topological polar surface area (TPSA) is 32.8 Å². The van der Waals surface area contributed by atoms with Gasteiger partial charge in [-0.2, -0.15) is 0 Å². The normalized spacial score (nSPS) is 15.8. The fourth-order valence-corrected chi connectivity index (χ4v) is 3.64. The van der Waals surface area contributed by atoms with Gasteiger partial charge in [0.15, 0.2) is 5.11 Å². The summed E-state index contributed by atoms with van der Waals surface area (Å²) in [6.45, 7) is 5.04. The number of thiocarbonyl (C=S) groups is 1. The van der Waals surface area contributed by atoms with Crippen molar-refractivity contribution in [2.24, 2.45) is 0 Å². The van der Waals surface area contributed by atoms with Gasteiger partial charge in [-0.15, -0.1) is 0 Å². The molecule has 2 aromatic carbocycles. The Bertz CT molecular complexity index is 909. The molecular weight excluding hydrogens is 424 g/mol. The minimum atomic E-state index is -0.0687. The molecule has 1 aliphatic heterocycles. The first kappa shape index (κ1) is 19.6. The summed E-state index contributed by atoms with van der Waals surface area (Å²) in [6, 6.07) is 14.0. The minimum absolute atomic E-state index is 0.0687. The van der Waals surface area contributed by atoms with E-state index in [0.717, 1.165) is 21.3 Å². The van der Waals surface area contributed by atoms with Crippen LogP contribution in [0.2, 0.25) is 0 Å². The molecule has 2 aromatic rings. The van der Waals surface area contributed by atoms with Gasteiger partial charge in [-0.25, -0.2) is 0 Å². The lowest BCUT2D eigenvalue weighted by molar-refractivity contribution is -0.122. The molecule has 1 amide bonds. The molecule has 4 nitrogen and oxygen atoms in total. The van der Waals surface area contributed by atoms with E-state index in [1.807, 2.05) is 38.2 Å². The van der Waals surface area contributed by atoms with Crippen molar-refractivity contribution in [3.8, 4) is 5.75 Å². The van der Waals surface area contributed by atoms with Gasteiger partial charge in [-0.1, -0.05) is 35.9 Å². The Hall–Kier alpha value is -2.18. The number of likely N-dealkylation sites (N-methyl/N-ethyl adjacent to an activating group) is 2. The molecule has 0 unspecified atom stereocenters. The third-order valence-electron chi connectivity index (χ3n) is 4.43. The lowest BCUT2D eigenvalue weighted by atomic mass is 10.1. The zero-order valence-electron chi connectivity index (χ0n) is 15.5. The first-order valence-corrected chi connectivity index (χ1v) is 9.90. The summed E-state index contributed by atoms with van der Waals surface area (Å²) in [6.07, 6.45) is 1.85. The highest BCUT2D eigenvalue weighted by atomic mass is 79.9. The third-order valence-corrected chi connectivity index (χ3v) is 5.55. The molecule has 6 heteroatoms. The summed E-state index contributed by atoms with van der Waals surface area (Å²) in [7, 11) is 1.82. The summed E-state index contributed by atoms with van der Waals surface area (Å²) in [5.41, 5.74) is 3.82. The first-order chi connectivity index (χ1) is 12.9. The first-order valence-electron chi connectivity index (χ1n) is 8.70. The number of rotatable bonds is 5. The van der Waals surface area contributed by atoms with Crippen LogP contribution in [0.15, 0.2) is 52.6 Å². The number of ether oxygens (including phenoxy) is 1. The maximum atomic E-state index is 12.5. The van der Waals surface area contributed by atoms with Crippen LogP contribution in [0.4, 0.5) is 0 Å². The molecule has 0 aliphatic carbocycles. The highest BCUT2D eigenvalue weighted by Gasteiger charge is 2.34. The van der Waals surface area contributed by atoms with Crippen LogP contribution in [0.1, 0.15) is 23.6 Å². The SMILES string of the molecule is CCN1C(=O)/C(=C/c2ccc(OCc3ccc(C)cc3)c(Br)c2)N(C)C1=S. The van der Waals surface area contributed by atoms with Gasteiger partial charge in [0.2, 0.25) is 0 Å². The van der Waals surface area contributed by atoms with Gasteiger partial charge in [0.05, 0.1) is 4.47 Å². The molecule has 0 N–H and O–H groups in total. The minimum Gasteiger partial charge on any atom is -0.488 e. The van der Waals surface area contributed by atoms with E-state index in [-0.39, 0.29) is 5.91 Å². The van der Waals surface area contributed by atoms with Gasteiger partial charge >= 0.3 is 0 Å². The van der Waals surface area contributed by atoms with Gasteiger partial charge in [0.1, 0.15) is 18.1 Å². The van der Waals surface area contributed by atoms with E-state index in [1.54, 1.807) is 9.80 Å². The number of hydrogen-bond acceptors (Lipinski definition) is 3. The highest BCUT2D eigenvalue weighted by molar-refractivity contribution is 9.10. The second kappa shape index (κ2) is 8.23. The molecule has 0 spiro atoms. The van der Waals surface area contributed by atoms with E-state index in [9.17, 15) is 4.79 Å². The standard InChI is InChI=1S/C21H21BrN2O2S/c1-4-24-20(25)18(23(3)21(24)27)12-16-9-10-19(17(22)11-16)26-13-15-7-5-14(2)6-8-15/h5-12H,4,13H2,1-3H3/b18-12-. The van der Waals surface area contributed by atoms with E-state index in [1.165, 1.54) is 5.56 Å². The third kappa shape index (κ3) is 4.22. The number of carbonyl (C=O) groups excluding carboxylic acids is 1. The number of halogens is 1. The molecule has 0 radical (unpaired) electrons. The Morgan fingerprint density at radius 1 is 1.19 bits per heavy atom. The summed E-state index contributed by atoms with van der Waals surface area (Å²) >= 11 is 8.89. The maximum Gasteiger partial charge on any atom is 0.276 e. The average molecular weight is 445 g/mol. The van der Waals surface area contributed by atoms with Crippen LogP contribution in [-0.2, 0) is 11.4 Å². The van der Waals surface area contributed by atoms with Crippen molar-refractivity contribution in [2.75, 3.05) is 13.6 Å². The average Bonchev–Trinajstić information content (AvgIpc) is 2.85. The zero-order valence-corrected chi connectivity index (χ0v) is 17.9. The lowest BCUT2D eigenvalue weighted by Gasteiger charge is -2.13. The highest BCUT2D eigenvalue weighted by Crippen LogP contribution is 2.29. The summed E-state index contributed by atoms with van der Waals surface area (Å²) in [5, 5.41) is 0.533. The number of benzene rings is 2. The van der Waals surface area contributed by atoms with Crippen LogP contribution in [0.5, 0.6) is 5.75 Å². The molecule has 0 aromatic heterocycles. The van der Waals surface area contributed by atoms with Crippen molar-refractivity contribution in [1.82, 2.24) is 9.80 Å². The second-order valence-electron chi connectivity index (χ2n) is 6.38. The molecule has 0 atom stereocenters. The molecule has 27 heavy (non-hydrogen) atoms. The van der Waals surface area contributed by atoms with Crippen molar-refractivity contribution in [2.45, 2.75) is 20.5 Å². The van der Waals surface area contributed by atoms with Gasteiger partial charge in [0.25, 0.3) is 5.91 Å². The number of aryl methyl sites for hydroxylation is 1. The van der Waals surface area contributed by atoms with Crippen LogP contribution in [0.25, 0.3) is 6.08 Å². The Balaban J connectivity index is 1.75. The molecule has 140 valence electrons. The Morgan fingerprint density at radius 3 is 2.48 bits per heavy atom. The monoisotopic (exact) mass is 444 g/mol. The van der Waals surface area contributed by atoms with Crippen molar-refractivity contribution in [3.05, 3.63) is 69.3 Å². The lowest BCUT2D eigenvalue weighted by Crippen LogP contribution is -2.30. The molecule has 1 saturated heterocycles. The zero-order chi connectivity index (χ0) is 19.6. The van der Waals surface area contributed by atoms with Crippen LogP contribution < -0.4 is 4.74 Å². The fraction of sp³-hybridized carbons (Fsp3) is 0.238. The predicted octanol–water partition coefficient (Wildman–Crippen LogP) is 4.76. The number of carbonyl (C=O) groups is 1. The fourth-order valence-electron chi connectivity index (χ4n) is 2.82. The molecule has 1 heterocycles. The van der Waals surface area contributed by atoms with Crippen LogP contribution in [-0.4, -0.2) is 34.4 Å². The Kier molecular flexibility index (Phi) is 5.97. The van der Waals surface area contributed by atoms with Gasteiger partial charge in [-0.3, -0.25) is 9.69 Å². The summed E-state index contributed by atoms with van der Waals surface area (Å²) in [5.74, 6) is 0.690. The van der Waals surface area contributed by atoms with E-state index >= 15 is 0 Å². The smallest absolute Gasteiger partial charge is 0.276 e. The van der Waals surface area contributed by atoms with Crippen molar-refractivity contribution < 1.29 is 9.53 Å². The Labute approximate surface area is 173 Å². The van der Waals surface area contributed by atoms with Gasteiger partial charge in [-0.05, 0) is 71.3 Å². The second-order valence-corrected chi connectivity index (χ2v) is 7.60. The molecule has 0 bridgehead atoms. The maximum absolute atomic E-state index is 12.5. The van der Waals surface area contributed by atoms with Gasteiger partial charge < -0.3 is 9.64 Å². The van der Waals surface area contributed by atoms with Crippen LogP contribution >= 0.6 is 28.1 Å². The summed E-state index contributed by atoms with van der Waals surface area (Å²) in [4.78, 5) is 15.8. The number of nitrogens with zero attached hydrogens (tertiary/aromatic N) is 2. The largest absolute Gasteiger partial charge is 0.488 e. The number of hydrogen-bond donors (Lipinski definition) is 0. The molecule has 1 fully saturated rings. The summed E-state index contributed by atoms with van der Waals surface area (Å²) < 4.78 is 6.75. The van der Waals surface area contributed by atoms with Crippen LogP contribution in [0, 0.1) is 6.92 Å². The van der Waals surface area contributed by atoms with Crippen molar-refractivity contribution >= 4 is 45.2 Å². The molecule has 0 saturated carbocycles. The van der Waals surface area contributed by atoms with Crippen molar-refractivity contribution in [3.63, 3.8) is 0 Å². The molecular formula is C21H21BrN2O2S. The van der Waals surface area contributed by atoms with E-state index in [2.05, 4.69) is 47.1 Å². The quantitative estimate of drug-likeness (QED) is 0.491. The molecule has 1 aliphatic rings. The van der Waals surface area contributed by atoms with E-state index in [4.69, 9.17) is 17.0 Å². The van der Waals surface area contributed by atoms with Gasteiger partial charge in [0, 0.05) is 13.6 Å². The molecule has 3 rings (SSSR count). The predicted molar refractivity (Wildman–Crippen MR) is 115 cm³/mol. The van der Waals surface area contributed by atoms with E-state index in [0.29, 0.717) is 24.0 Å². The Morgan fingerprint density at radius 2 is 1.89 bits per heavy atom. The number of amides is 1.